The van der Waals surface area contributed by atoms with Crippen LogP contribution >= 0.6 is 0 Å². The van der Waals surface area contributed by atoms with E-state index < -0.39 is 18.0 Å². The van der Waals surface area contributed by atoms with E-state index in [-0.39, 0.29) is 6.54 Å². The number of para-hydroxylation sites is 1. The van der Waals surface area contributed by atoms with Crippen molar-refractivity contribution in [3.63, 3.8) is 0 Å². The number of carboxylic acids is 2. The first-order chi connectivity index (χ1) is 10.6. The highest BCUT2D eigenvalue weighted by molar-refractivity contribution is 5.90. The summed E-state index contributed by atoms with van der Waals surface area (Å²) in [7, 11) is 0. The smallest absolute Gasteiger partial charge is 0.325 e. The van der Waals surface area contributed by atoms with E-state index in [0.717, 1.165) is 36.8 Å². The molecule has 1 fully saturated rings. The van der Waals surface area contributed by atoms with E-state index >= 15 is 0 Å². The summed E-state index contributed by atoms with van der Waals surface area (Å²) in [4.78, 5) is 24.8. The summed E-state index contributed by atoms with van der Waals surface area (Å²) in [5, 5.41) is 19.5. The first kappa shape index (κ1) is 14.6. The van der Waals surface area contributed by atoms with Gasteiger partial charge < -0.3 is 14.8 Å². The maximum Gasteiger partial charge on any atom is 0.325 e. The molecule has 0 radical (unpaired) electrons. The third kappa shape index (κ3) is 2.57. The van der Waals surface area contributed by atoms with Gasteiger partial charge in [-0.05, 0) is 32.0 Å². The monoisotopic (exact) mass is 302 g/mol. The Hall–Kier alpha value is -2.34. The zero-order valence-corrected chi connectivity index (χ0v) is 12.1. The molecule has 6 nitrogen and oxygen atoms in total. The highest BCUT2D eigenvalue weighted by Gasteiger charge is 2.32. The first-order valence-corrected chi connectivity index (χ1v) is 7.34. The van der Waals surface area contributed by atoms with Crippen molar-refractivity contribution in [1.82, 2.24) is 9.47 Å². The zero-order valence-electron chi connectivity index (χ0n) is 12.1. The fourth-order valence-electron chi connectivity index (χ4n) is 3.26. The third-order valence-electron chi connectivity index (χ3n) is 4.16. The molecule has 6 heteroatoms. The summed E-state index contributed by atoms with van der Waals surface area (Å²) in [5.41, 5.74) is 1.43. The topological polar surface area (TPSA) is 82.8 Å². The van der Waals surface area contributed by atoms with Crippen molar-refractivity contribution < 1.29 is 19.8 Å². The minimum Gasteiger partial charge on any atom is -0.480 e. The van der Waals surface area contributed by atoms with Gasteiger partial charge in [0, 0.05) is 22.7 Å². The summed E-state index contributed by atoms with van der Waals surface area (Å²) < 4.78 is 1.61. The largest absolute Gasteiger partial charge is 0.480 e. The number of carbonyl (C=O) groups is 2. The zero-order chi connectivity index (χ0) is 15.7. The summed E-state index contributed by atoms with van der Waals surface area (Å²) >= 11 is 0. The lowest BCUT2D eigenvalue weighted by atomic mass is 10.0. The molecule has 2 N–H and O–H groups in total. The summed E-state index contributed by atoms with van der Waals surface area (Å²) in [6, 6.07) is 6.64. The van der Waals surface area contributed by atoms with Gasteiger partial charge in [-0.2, -0.15) is 0 Å². The minimum absolute atomic E-state index is 0.174. The average Bonchev–Trinajstić information content (AvgIpc) is 3.09. The number of carboxylic acid groups (broad SMARTS) is 2. The number of aromatic nitrogens is 1. The molecule has 0 amide bonds. The maximum atomic E-state index is 11.8. The lowest BCUT2D eigenvalue weighted by Gasteiger charge is -2.23. The van der Waals surface area contributed by atoms with Gasteiger partial charge in [0.1, 0.15) is 12.6 Å². The van der Waals surface area contributed by atoms with Crippen LogP contribution in [-0.4, -0.2) is 44.7 Å². The van der Waals surface area contributed by atoms with Crippen LogP contribution in [0.25, 0.3) is 10.9 Å². The van der Waals surface area contributed by atoms with Crippen LogP contribution < -0.4 is 0 Å². The van der Waals surface area contributed by atoms with Gasteiger partial charge in [0.2, 0.25) is 0 Å². The van der Waals surface area contributed by atoms with Gasteiger partial charge in [-0.15, -0.1) is 0 Å². The van der Waals surface area contributed by atoms with Crippen LogP contribution in [-0.2, 0) is 16.1 Å². The summed E-state index contributed by atoms with van der Waals surface area (Å²) in [6.07, 6.45) is 3.67. The Labute approximate surface area is 127 Å². The Kier molecular flexibility index (Phi) is 3.85. The maximum absolute atomic E-state index is 11.8. The molecule has 1 aromatic carbocycles. The molecule has 0 saturated carbocycles. The molecule has 0 bridgehead atoms. The average molecular weight is 302 g/mol. The van der Waals surface area contributed by atoms with Gasteiger partial charge in [-0.1, -0.05) is 18.2 Å². The second kappa shape index (κ2) is 5.81. The fourth-order valence-corrected chi connectivity index (χ4v) is 3.26. The van der Waals surface area contributed by atoms with E-state index in [1.807, 2.05) is 29.2 Å². The molecule has 2 aromatic rings. The number of hydrogen-bond donors (Lipinski definition) is 2. The molecule has 1 saturated heterocycles. The number of hydrogen-bond acceptors (Lipinski definition) is 3. The van der Waals surface area contributed by atoms with Crippen LogP contribution in [0.15, 0.2) is 30.5 Å². The number of benzene rings is 1. The molecule has 2 heterocycles. The van der Waals surface area contributed by atoms with Crippen LogP contribution in [0, 0.1) is 0 Å². The van der Waals surface area contributed by atoms with Crippen molar-refractivity contribution in [1.29, 1.82) is 0 Å². The van der Waals surface area contributed by atoms with Crippen molar-refractivity contribution >= 4 is 22.8 Å². The van der Waals surface area contributed by atoms with Gasteiger partial charge in [0.25, 0.3) is 0 Å². The molecule has 1 aliphatic rings. The Morgan fingerprint density at radius 2 is 1.82 bits per heavy atom. The lowest BCUT2D eigenvalue weighted by molar-refractivity contribution is -0.143. The normalized spacial score (nSPS) is 16.9. The van der Waals surface area contributed by atoms with Crippen LogP contribution in [0.4, 0.5) is 0 Å². The van der Waals surface area contributed by atoms with Gasteiger partial charge in [0.05, 0.1) is 0 Å². The van der Waals surface area contributed by atoms with Gasteiger partial charge in [-0.3, -0.25) is 14.5 Å². The summed E-state index contributed by atoms with van der Waals surface area (Å²) in [6.45, 7) is 1.34. The Morgan fingerprint density at radius 1 is 1.14 bits per heavy atom. The second-order valence-corrected chi connectivity index (χ2v) is 5.61. The fraction of sp³-hybridized carbons (Fsp3) is 0.375. The van der Waals surface area contributed by atoms with Crippen LogP contribution in [0.5, 0.6) is 0 Å². The van der Waals surface area contributed by atoms with Crippen LogP contribution in [0.1, 0.15) is 24.4 Å². The molecule has 1 aliphatic heterocycles. The highest BCUT2D eigenvalue weighted by atomic mass is 16.4. The molecule has 1 atom stereocenters. The third-order valence-corrected chi connectivity index (χ3v) is 4.16. The molecule has 0 spiro atoms. The molecule has 1 aromatic heterocycles. The van der Waals surface area contributed by atoms with Crippen molar-refractivity contribution in [3.05, 3.63) is 36.0 Å². The molecule has 22 heavy (non-hydrogen) atoms. The van der Waals surface area contributed by atoms with Crippen molar-refractivity contribution in [2.75, 3.05) is 13.1 Å². The van der Waals surface area contributed by atoms with E-state index in [1.165, 1.54) is 0 Å². The highest BCUT2D eigenvalue weighted by Crippen LogP contribution is 2.32. The number of nitrogens with zero attached hydrogens (tertiary/aromatic N) is 2. The van der Waals surface area contributed by atoms with Crippen molar-refractivity contribution in [2.45, 2.75) is 25.4 Å². The Bertz CT molecular complexity index is 716. The van der Waals surface area contributed by atoms with Crippen molar-refractivity contribution in [3.8, 4) is 0 Å². The number of likely N-dealkylation sites (tertiary alicyclic amines) is 1. The lowest BCUT2D eigenvalue weighted by Crippen LogP contribution is -2.31. The first-order valence-electron chi connectivity index (χ1n) is 7.34. The molecular weight excluding hydrogens is 284 g/mol. The SMILES string of the molecule is O=C(O)Cn1cc([C@@H](C(=O)O)N2CCCC2)c2ccccc21. The molecule has 3 rings (SSSR count). The Morgan fingerprint density at radius 3 is 2.45 bits per heavy atom. The van der Waals surface area contributed by atoms with E-state index in [0.29, 0.717) is 5.56 Å². The molecule has 0 aliphatic carbocycles. The summed E-state index contributed by atoms with van der Waals surface area (Å²) in [5.74, 6) is -1.83. The standard InChI is InChI=1S/C16H18N2O4/c19-14(20)10-18-9-12(11-5-1-2-6-13(11)18)15(16(21)22)17-7-3-4-8-17/h1-2,5-6,9,15H,3-4,7-8,10H2,(H,19,20)(H,21,22)/t15-/m0/s1. The van der Waals surface area contributed by atoms with Gasteiger partial charge in [-0.25, -0.2) is 0 Å². The molecule has 0 unspecified atom stereocenters. The number of aliphatic carboxylic acids is 2. The van der Waals surface area contributed by atoms with E-state index in [4.69, 9.17) is 5.11 Å². The Balaban J connectivity index is 2.11. The second-order valence-electron chi connectivity index (χ2n) is 5.61. The van der Waals surface area contributed by atoms with Gasteiger partial charge in [0.15, 0.2) is 0 Å². The van der Waals surface area contributed by atoms with E-state index in [9.17, 15) is 14.7 Å². The quantitative estimate of drug-likeness (QED) is 0.882. The van der Waals surface area contributed by atoms with Crippen LogP contribution in [0.3, 0.4) is 0 Å². The number of fused-ring (bicyclic) bond motifs is 1. The van der Waals surface area contributed by atoms with Crippen molar-refractivity contribution in [2.24, 2.45) is 0 Å². The van der Waals surface area contributed by atoms with Gasteiger partial charge >= 0.3 is 11.9 Å². The predicted octanol–water partition coefficient (Wildman–Crippen LogP) is 1.95. The predicted molar refractivity (Wildman–Crippen MR) is 80.8 cm³/mol. The molecular formula is C16H18N2O4. The van der Waals surface area contributed by atoms with E-state index in [2.05, 4.69) is 0 Å². The molecule has 116 valence electrons. The van der Waals surface area contributed by atoms with E-state index in [1.54, 1.807) is 10.8 Å². The minimum atomic E-state index is -0.944. The number of rotatable bonds is 5. The van der Waals surface area contributed by atoms with Crippen LogP contribution in [0.2, 0.25) is 0 Å².